The number of thiazole rings is 1. The van der Waals surface area contributed by atoms with Gasteiger partial charge in [-0.25, -0.2) is 18.6 Å². The molecule has 0 bridgehead atoms. The minimum atomic E-state index is -1.03. The van der Waals surface area contributed by atoms with Crippen molar-refractivity contribution in [3.63, 3.8) is 0 Å². The topological polar surface area (TPSA) is 112 Å². The average Bonchev–Trinajstić information content (AvgIpc) is 3.34. The number of amides is 1. The van der Waals surface area contributed by atoms with Crippen molar-refractivity contribution in [1.82, 2.24) is 19.3 Å². The zero-order chi connectivity index (χ0) is 21.6. The molecule has 0 fully saturated rings. The molecule has 9 nitrogen and oxygen atoms in total. The minimum absolute atomic E-state index is 0.00773. The second-order valence-corrected chi connectivity index (χ2v) is 7.23. The number of nitrogens with one attached hydrogen (secondary N) is 1. The van der Waals surface area contributed by atoms with Crippen LogP contribution in [0.3, 0.4) is 0 Å². The van der Waals surface area contributed by atoms with Gasteiger partial charge in [-0.15, -0.1) is 11.3 Å². The molecule has 0 aliphatic rings. The summed E-state index contributed by atoms with van der Waals surface area (Å²) in [4.78, 5) is 40.8. The zero-order valence-corrected chi connectivity index (χ0v) is 16.4. The van der Waals surface area contributed by atoms with Crippen LogP contribution in [0.25, 0.3) is 22.3 Å². The predicted octanol–water partition coefficient (Wildman–Crippen LogP) is 1.81. The lowest BCUT2D eigenvalue weighted by Gasteiger charge is -2.02. The van der Waals surface area contributed by atoms with Crippen LogP contribution in [-0.4, -0.2) is 25.2 Å². The first-order chi connectivity index (χ1) is 14.3. The summed E-state index contributed by atoms with van der Waals surface area (Å²) >= 11 is 1.02. The van der Waals surface area contributed by atoms with Crippen LogP contribution < -0.4 is 16.6 Å². The van der Waals surface area contributed by atoms with E-state index in [9.17, 15) is 23.2 Å². The van der Waals surface area contributed by atoms with Crippen LogP contribution in [0.1, 0.15) is 5.76 Å². The van der Waals surface area contributed by atoms with E-state index in [1.165, 1.54) is 31.6 Å². The SMILES string of the molecule is Cn1c(=O)c2c(CC(=O)Nc3nc(-c4cccc(F)c4F)cs3)onc2n(C)c1=O. The summed E-state index contributed by atoms with van der Waals surface area (Å²) in [6.07, 6.45) is -0.340. The van der Waals surface area contributed by atoms with Crippen molar-refractivity contribution in [3.8, 4) is 11.3 Å². The van der Waals surface area contributed by atoms with Crippen LogP contribution in [0.15, 0.2) is 37.7 Å². The number of aryl methyl sites for hydroxylation is 1. The number of benzene rings is 1. The summed E-state index contributed by atoms with van der Waals surface area (Å²) in [6, 6.07) is 3.73. The highest BCUT2D eigenvalue weighted by Gasteiger charge is 2.21. The lowest BCUT2D eigenvalue weighted by atomic mass is 10.1. The van der Waals surface area contributed by atoms with Crippen molar-refractivity contribution in [1.29, 1.82) is 0 Å². The summed E-state index contributed by atoms with van der Waals surface area (Å²) in [7, 11) is 2.74. The summed E-state index contributed by atoms with van der Waals surface area (Å²) in [5.41, 5.74) is -1.03. The number of fused-ring (bicyclic) bond motifs is 1. The zero-order valence-electron chi connectivity index (χ0n) is 15.6. The lowest BCUT2D eigenvalue weighted by Crippen LogP contribution is -2.37. The number of carbonyl (C=O) groups excluding carboxylic acids is 1. The van der Waals surface area contributed by atoms with Crippen molar-refractivity contribution < 1.29 is 18.1 Å². The van der Waals surface area contributed by atoms with E-state index in [0.717, 1.165) is 26.5 Å². The number of hydrogen-bond donors (Lipinski definition) is 1. The Morgan fingerprint density at radius 2 is 2.00 bits per heavy atom. The highest BCUT2D eigenvalue weighted by molar-refractivity contribution is 7.14. The number of hydrogen-bond acceptors (Lipinski definition) is 7. The fourth-order valence-corrected chi connectivity index (χ4v) is 3.64. The third kappa shape index (κ3) is 3.20. The number of halogens is 2. The molecule has 1 amide bonds. The molecule has 0 radical (unpaired) electrons. The quantitative estimate of drug-likeness (QED) is 0.525. The molecule has 1 N–H and O–H groups in total. The molecule has 0 aliphatic heterocycles. The molecule has 0 atom stereocenters. The van der Waals surface area contributed by atoms with Crippen LogP contribution in [0, 0.1) is 11.6 Å². The van der Waals surface area contributed by atoms with Gasteiger partial charge in [0, 0.05) is 25.0 Å². The summed E-state index contributed by atoms with van der Waals surface area (Å²) in [5.74, 6) is -2.61. The number of rotatable bonds is 4. The van der Waals surface area contributed by atoms with Gasteiger partial charge in [-0.1, -0.05) is 11.2 Å². The highest BCUT2D eigenvalue weighted by atomic mass is 32.1. The molecule has 4 aromatic rings. The molecule has 4 rings (SSSR count). The van der Waals surface area contributed by atoms with Crippen LogP contribution in [0.2, 0.25) is 0 Å². The molecule has 3 heterocycles. The van der Waals surface area contributed by atoms with E-state index in [-0.39, 0.29) is 39.6 Å². The van der Waals surface area contributed by atoms with Gasteiger partial charge in [0.15, 0.2) is 28.2 Å². The van der Waals surface area contributed by atoms with E-state index in [2.05, 4.69) is 15.5 Å². The maximum absolute atomic E-state index is 13.9. The van der Waals surface area contributed by atoms with E-state index < -0.39 is 28.8 Å². The number of aromatic nitrogens is 4. The van der Waals surface area contributed by atoms with Crippen molar-refractivity contribution in [3.05, 3.63) is 61.8 Å². The van der Waals surface area contributed by atoms with Gasteiger partial charge in [0.05, 0.1) is 12.1 Å². The molecule has 1 aromatic carbocycles. The summed E-state index contributed by atoms with van der Waals surface area (Å²) in [6.45, 7) is 0. The van der Waals surface area contributed by atoms with Gasteiger partial charge in [0.25, 0.3) is 5.56 Å². The first-order valence-corrected chi connectivity index (χ1v) is 9.40. The van der Waals surface area contributed by atoms with E-state index >= 15 is 0 Å². The van der Waals surface area contributed by atoms with E-state index in [1.807, 2.05) is 0 Å². The Balaban J connectivity index is 1.58. The second-order valence-electron chi connectivity index (χ2n) is 6.37. The molecule has 0 saturated carbocycles. The van der Waals surface area contributed by atoms with E-state index in [1.54, 1.807) is 0 Å². The molecule has 12 heteroatoms. The maximum Gasteiger partial charge on any atom is 0.332 e. The van der Waals surface area contributed by atoms with Crippen molar-refractivity contribution >= 4 is 33.4 Å². The van der Waals surface area contributed by atoms with Crippen LogP contribution in [0.5, 0.6) is 0 Å². The first-order valence-electron chi connectivity index (χ1n) is 8.52. The summed E-state index contributed by atoms with van der Waals surface area (Å²) in [5, 5.41) is 7.88. The van der Waals surface area contributed by atoms with Crippen LogP contribution >= 0.6 is 11.3 Å². The normalized spacial score (nSPS) is 11.2. The Labute approximate surface area is 170 Å². The van der Waals surface area contributed by atoms with Crippen molar-refractivity contribution in [2.45, 2.75) is 6.42 Å². The smallest absolute Gasteiger partial charge is 0.332 e. The molecule has 154 valence electrons. The summed E-state index contributed by atoms with van der Waals surface area (Å²) < 4.78 is 34.5. The number of carbonyl (C=O) groups is 1. The molecular weight excluding hydrogens is 420 g/mol. The minimum Gasteiger partial charge on any atom is -0.358 e. The third-order valence-corrected chi connectivity index (χ3v) is 5.21. The maximum atomic E-state index is 13.9. The number of nitrogens with zero attached hydrogens (tertiary/aromatic N) is 4. The predicted molar refractivity (Wildman–Crippen MR) is 104 cm³/mol. The fraction of sp³-hybridized carbons (Fsp3) is 0.167. The molecule has 0 aliphatic carbocycles. The standard InChI is InChI=1S/C18H13F2N5O4S/c1-24-15-13(16(27)25(2)18(24)28)11(29-23-15)6-12(26)22-17-21-10(7-30-17)8-4-3-5-9(19)14(8)20/h3-5,7H,6H2,1-2H3,(H,21,22,26). The van der Waals surface area contributed by atoms with Gasteiger partial charge in [-0.2, -0.15) is 0 Å². The Kier molecular flexibility index (Phi) is 4.78. The van der Waals surface area contributed by atoms with Gasteiger partial charge in [0.1, 0.15) is 5.39 Å². The average molecular weight is 433 g/mol. The largest absolute Gasteiger partial charge is 0.358 e. The van der Waals surface area contributed by atoms with Gasteiger partial charge in [-0.3, -0.25) is 18.7 Å². The van der Waals surface area contributed by atoms with Crippen molar-refractivity contribution in [2.24, 2.45) is 14.1 Å². The van der Waals surface area contributed by atoms with Gasteiger partial charge in [0.2, 0.25) is 5.91 Å². The Morgan fingerprint density at radius 1 is 1.23 bits per heavy atom. The molecule has 0 unspecified atom stereocenters. The number of anilines is 1. The second kappa shape index (κ2) is 7.30. The van der Waals surface area contributed by atoms with Gasteiger partial charge >= 0.3 is 5.69 Å². The third-order valence-electron chi connectivity index (χ3n) is 4.45. The molecule has 0 saturated heterocycles. The fourth-order valence-electron chi connectivity index (χ4n) is 2.91. The molecule has 3 aromatic heterocycles. The van der Waals surface area contributed by atoms with Gasteiger partial charge < -0.3 is 9.84 Å². The molecular formula is C18H13F2N5O4S. The molecule has 30 heavy (non-hydrogen) atoms. The lowest BCUT2D eigenvalue weighted by molar-refractivity contribution is -0.115. The van der Waals surface area contributed by atoms with Crippen LogP contribution in [0.4, 0.5) is 13.9 Å². The Morgan fingerprint density at radius 3 is 2.77 bits per heavy atom. The van der Waals surface area contributed by atoms with E-state index in [4.69, 9.17) is 4.52 Å². The van der Waals surface area contributed by atoms with Crippen molar-refractivity contribution in [2.75, 3.05) is 5.32 Å². The Bertz CT molecular complexity index is 1420. The van der Waals surface area contributed by atoms with Gasteiger partial charge in [-0.05, 0) is 12.1 Å². The highest BCUT2D eigenvalue weighted by Crippen LogP contribution is 2.28. The van der Waals surface area contributed by atoms with E-state index in [0.29, 0.717) is 0 Å². The monoisotopic (exact) mass is 433 g/mol. The first kappa shape index (κ1) is 19.6. The molecule has 0 spiro atoms. The Hall–Kier alpha value is -3.67. The van der Waals surface area contributed by atoms with Crippen LogP contribution in [-0.2, 0) is 25.3 Å².